The van der Waals surface area contributed by atoms with Gasteiger partial charge >= 0.3 is 0 Å². The number of nitrogens with zero attached hydrogens (tertiary/aromatic N) is 2. The number of benzene rings is 1. The lowest BCUT2D eigenvalue weighted by Gasteiger charge is -2.25. The summed E-state index contributed by atoms with van der Waals surface area (Å²) in [5.74, 6) is -1.75. The largest absolute Gasteiger partial charge is 0.444 e. The van der Waals surface area contributed by atoms with Crippen LogP contribution in [0.15, 0.2) is 41.3 Å². The lowest BCUT2D eigenvalue weighted by atomic mass is 10.1. The highest BCUT2D eigenvalue weighted by molar-refractivity contribution is 6.08. The highest BCUT2D eigenvalue weighted by atomic mass is 16.5. The molecular weight excluding hydrogens is 316 g/mol. The van der Waals surface area contributed by atoms with Crippen molar-refractivity contribution in [3.63, 3.8) is 0 Å². The number of aromatic nitrogens is 1. The van der Waals surface area contributed by atoms with Crippen LogP contribution in [0, 0.1) is 0 Å². The summed E-state index contributed by atoms with van der Waals surface area (Å²) in [6.45, 7) is 0. The molecule has 0 aliphatic heterocycles. The first kappa shape index (κ1) is 17.2. The molecule has 9 nitrogen and oxygen atoms in total. The first-order chi connectivity index (χ1) is 11.5. The average molecular weight is 332 g/mol. The molecule has 2 rings (SSSR count). The minimum absolute atomic E-state index is 0.264. The molecule has 0 fully saturated rings. The third kappa shape index (κ3) is 3.41. The molecule has 0 saturated heterocycles. The third-order valence-corrected chi connectivity index (χ3v) is 3.41. The quantitative estimate of drug-likeness (QED) is 0.403. The summed E-state index contributed by atoms with van der Waals surface area (Å²) in [7, 11) is 2.62. The molecule has 0 aliphatic carbocycles. The van der Waals surface area contributed by atoms with Gasteiger partial charge in [0.25, 0.3) is 17.7 Å². The van der Waals surface area contributed by atoms with Gasteiger partial charge in [0.15, 0.2) is 18.2 Å². The summed E-state index contributed by atoms with van der Waals surface area (Å²) >= 11 is 0. The number of nitrogens with one attached hydrogen (secondary N) is 2. The van der Waals surface area contributed by atoms with Crippen molar-refractivity contribution >= 4 is 17.7 Å². The summed E-state index contributed by atoms with van der Waals surface area (Å²) in [6.07, 6.45) is 2.83. The normalized spacial score (nSPS) is 11.5. The number of carbonyl (C=O) groups excluding carboxylic acids is 3. The van der Waals surface area contributed by atoms with Crippen LogP contribution in [0.3, 0.4) is 0 Å². The molecule has 1 aromatic heterocycles. The summed E-state index contributed by atoms with van der Waals surface area (Å²) in [5, 5.41) is 11.0. The topological polar surface area (TPSA) is 125 Å². The molecular formula is C15H16N4O5. The fourth-order valence-corrected chi connectivity index (χ4v) is 2.12. The van der Waals surface area contributed by atoms with Crippen LogP contribution >= 0.6 is 0 Å². The van der Waals surface area contributed by atoms with Gasteiger partial charge in [-0.2, -0.15) is 0 Å². The highest BCUT2D eigenvalue weighted by Gasteiger charge is 2.33. The van der Waals surface area contributed by atoms with Crippen LogP contribution in [0.5, 0.6) is 0 Å². The Balaban J connectivity index is 2.22. The number of oxazole rings is 1. The van der Waals surface area contributed by atoms with Crippen molar-refractivity contribution in [1.29, 1.82) is 0 Å². The van der Waals surface area contributed by atoms with Crippen LogP contribution in [0.4, 0.5) is 0 Å². The van der Waals surface area contributed by atoms with E-state index in [1.165, 1.54) is 44.3 Å². The van der Waals surface area contributed by atoms with Crippen LogP contribution in [0.2, 0.25) is 0 Å². The Hall–Kier alpha value is -3.20. The molecule has 3 N–H and O–H groups in total. The SMILES string of the molecule is CNC(=O)C(C(=O)NO)N(C)C(=O)c1ccc(-c2cnco2)cc1. The molecule has 1 unspecified atom stereocenters. The molecule has 0 saturated carbocycles. The highest BCUT2D eigenvalue weighted by Crippen LogP contribution is 2.19. The van der Waals surface area contributed by atoms with Gasteiger partial charge < -0.3 is 14.6 Å². The van der Waals surface area contributed by atoms with E-state index >= 15 is 0 Å². The minimum atomic E-state index is -1.50. The van der Waals surface area contributed by atoms with Crippen LogP contribution < -0.4 is 10.8 Å². The Morgan fingerprint density at radius 3 is 2.38 bits per heavy atom. The summed E-state index contributed by atoms with van der Waals surface area (Å²) < 4.78 is 5.16. The number of hydrogen-bond donors (Lipinski definition) is 3. The van der Waals surface area contributed by atoms with Gasteiger partial charge in [-0.05, 0) is 12.1 Å². The molecule has 1 atom stereocenters. The van der Waals surface area contributed by atoms with Gasteiger partial charge in [0.05, 0.1) is 6.20 Å². The van der Waals surface area contributed by atoms with E-state index in [1.807, 2.05) is 0 Å². The Bertz CT molecular complexity index is 711. The van der Waals surface area contributed by atoms with E-state index in [0.29, 0.717) is 5.76 Å². The standard InChI is InChI=1S/C15H16N4O5/c1-16-13(20)12(14(21)18-23)19(2)15(22)10-5-3-9(4-6-10)11-7-17-8-24-11/h3-8,12,23H,1-2H3,(H,16,20)(H,18,21). The van der Waals surface area contributed by atoms with Crippen LogP contribution in [0.25, 0.3) is 11.3 Å². The molecule has 2 aromatic rings. The molecule has 0 bridgehead atoms. The second kappa shape index (κ2) is 7.38. The zero-order valence-electron chi connectivity index (χ0n) is 13.0. The zero-order chi connectivity index (χ0) is 17.7. The van der Waals surface area contributed by atoms with Crippen molar-refractivity contribution in [2.45, 2.75) is 6.04 Å². The third-order valence-electron chi connectivity index (χ3n) is 3.41. The van der Waals surface area contributed by atoms with Gasteiger partial charge in [0.2, 0.25) is 0 Å². The van der Waals surface area contributed by atoms with Crippen LogP contribution in [0.1, 0.15) is 10.4 Å². The van der Waals surface area contributed by atoms with Gasteiger partial charge in [-0.15, -0.1) is 0 Å². The molecule has 9 heteroatoms. The number of amides is 3. The van der Waals surface area contributed by atoms with Crippen LogP contribution in [-0.2, 0) is 9.59 Å². The number of likely N-dealkylation sites (N-methyl/N-ethyl adjacent to an activating group) is 2. The van der Waals surface area contributed by atoms with E-state index in [9.17, 15) is 14.4 Å². The zero-order valence-corrected chi connectivity index (χ0v) is 13.0. The molecule has 1 aromatic carbocycles. The monoisotopic (exact) mass is 332 g/mol. The van der Waals surface area contributed by atoms with Crippen molar-refractivity contribution in [3.05, 3.63) is 42.4 Å². The average Bonchev–Trinajstić information content (AvgIpc) is 3.15. The lowest BCUT2D eigenvalue weighted by Crippen LogP contribution is -2.54. The van der Waals surface area contributed by atoms with Gasteiger partial charge in [0.1, 0.15) is 0 Å². The molecule has 1 heterocycles. The van der Waals surface area contributed by atoms with Crippen molar-refractivity contribution < 1.29 is 24.0 Å². The number of carbonyl (C=O) groups is 3. The second-order valence-corrected chi connectivity index (χ2v) is 4.85. The van der Waals surface area contributed by atoms with E-state index in [-0.39, 0.29) is 5.56 Å². The number of hydrogen-bond acceptors (Lipinski definition) is 6. The van der Waals surface area contributed by atoms with Crippen molar-refractivity contribution in [1.82, 2.24) is 20.7 Å². The fraction of sp³-hybridized carbons (Fsp3) is 0.200. The van der Waals surface area contributed by atoms with Crippen molar-refractivity contribution in [2.75, 3.05) is 14.1 Å². The first-order valence-electron chi connectivity index (χ1n) is 6.91. The smallest absolute Gasteiger partial charge is 0.275 e. The summed E-state index contributed by atoms with van der Waals surface area (Å²) in [6, 6.07) is 4.88. The molecule has 0 spiro atoms. The van der Waals surface area contributed by atoms with Gasteiger partial charge in [-0.1, -0.05) is 12.1 Å². The Morgan fingerprint density at radius 2 is 1.88 bits per heavy atom. The first-order valence-corrected chi connectivity index (χ1v) is 6.91. The van der Waals surface area contributed by atoms with Gasteiger partial charge in [0, 0.05) is 25.2 Å². The molecule has 0 radical (unpaired) electrons. The molecule has 126 valence electrons. The molecule has 24 heavy (non-hydrogen) atoms. The van der Waals surface area contributed by atoms with E-state index < -0.39 is 23.8 Å². The lowest BCUT2D eigenvalue weighted by molar-refractivity contribution is -0.140. The van der Waals surface area contributed by atoms with E-state index in [2.05, 4.69) is 10.3 Å². The Kier molecular flexibility index (Phi) is 5.27. The number of hydroxylamine groups is 1. The predicted molar refractivity (Wildman–Crippen MR) is 81.8 cm³/mol. The maximum absolute atomic E-state index is 12.5. The van der Waals surface area contributed by atoms with E-state index in [4.69, 9.17) is 9.62 Å². The van der Waals surface area contributed by atoms with Crippen LogP contribution in [-0.4, -0.2) is 52.9 Å². The molecule has 0 aliphatic rings. The summed E-state index contributed by atoms with van der Waals surface area (Å²) in [4.78, 5) is 40.7. The summed E-state index contributed by atoms with van der Waals surface area (Å²) in [5.41, 5.74) is 2.37. The number of rotatable bonds is 5. The van der Waals surface area contributed by atoms with E-state index in [1.54, 1.807) is 12.1 Å². The van der Waals surface area contributed by atoms with Crippen molar-refractivity contribution in [2.24, 2.45) is 0 Å². The predicted octanol–water partition coefficient (Wildman–Crippen LogP) is 0.0336. The second-order valence-electron chi connectivity index (χ2n) is 4.85. The van der Waals surface area contributed by atoms with Gasteiger partial charge in [-0.25, -0.2) is 10.5 Å². The van der Waals surface area contributed by atoms with Gasteiger partial charge in [-0.3, -0.25) is 19.6 Å². The maximum Gasteiger partial charge on any atom is 0.275 e. The maximum atomic E-state index is 12.5. The van der Waals surface area contributed by atoms with Crippen molar-refractivity contribution in [3.8, 4) is 11.3 Å². The minimum Gasteiger partial charge on any atom is -0.444 e. The fourth-order valence-electron chi connectivity index (χ4n) is 2.12. The Morgan fingerprint density at radius 1 is 1.21 bits per heavy atom. The van der Waals surface area contributed by atoms with E-state index in [0.717, 1.165) is 10.5 Å². The molecule has 3 amide bonds. The Labute approximate surface area is 137 Å².